The summed E-state index contributed by atoms with van der Waals surface area (Å²) in [4.78, 5) is 0. The van der Waals surface area contributed by atoms with Crippen LogP contribution in [0.15, 0.2) is 0 Å². The van der Waals surface area contributed by atoms with Crippen LogP contribution in [-0.2, 0) is 4.74 Å². The average Bonchev–Trinajstić information content (AvgIpc) is 2.14. The van der Waals surface area contributed by atoms with Gasteiger partial charge in [0, 0.05) is 0 Å². The third kappa shape index (κ3) is 7.77. The van der Waals surface area contributed by atoms with E-state index in [-0.39, 0.29) is 12.5 Å². The van der Waals surface area contributed by atoms with E-state index in [1.54, 1.807) is 0 Å². The van der Waals surface area contributed by atoms with E-state index < -0.39 is 0 Å². The van der Waals surface area contributed by atoms with Gasteiger partial charge >= 0.3 is 0 Å². The Bertz CT molecular complexity index is 133. The smallest absolute Gasteiger partial charge is 0.110 e. The lowest BCUT2D eigenvalue weighted by Crippen LogP contribution is -2.40. The molecule has 2 N–H and O–H groups in total. The first-order chi connectivity index (χ1) is 6.99. The second-order valence-corrected chi connectivity index (χ2v) is 4.95. The first-order valence-electron chi connectivity index (χ1n) is 5.99. The molecular formula is C12H28N2O. The summed E-state index contributed by atoms with van der Waals surface area (Å²) in [6.07, 6.45) is 2.40. The zero-order valence-corrected chi connectivity index (χ0v) is 11.1. The molecular weight excluding hydrogens is 188 g/mol. The minimum atomic E-state index is 0.154. The minimum Gasteiger partial charge on any atom is -0.345 e. The van der Waals surface area contributed by atoms with E-state index in [2.05, 4.69) is 38.3 Å². The topological polar surface area (TPSA) is 33.3 Å². The van der Waals surface area contributed by atoms with Gasteiger partial charge in [-0.2, -0.15) is 0 Å². The third-order valence-electron chi connectivity index (χ3n) is 2.34. The van der Waals surface area contributed by atoms with Crippen LogP contribution >= 0.6 is 0 Å². The van der Waals surface area contributed by atoms with E-state index in [9.17, 15) is 0 Å². The molecule has 0 saturated carbocycles. The fourth-order valence-electron chi connectivity index (χ4n) is 1.54. The SMILES string of the molecule is CNC(CC(C)C)OC(CC(C)C)NC. The minimum absolute atomic E-state index is 0.154. The fourth-order valence-corrected chi connectivity index (χ4v) is 1.54. The second kappa shape index (κ2) is 8.08. The summed E-state index contributed by atoms with van der Waals surface area (Å²) in [5.41, 5.74) is 0. The highest BCUT2D eigenvalue weighted by Crippen LogP contribution is 2.11. The molecule has 0 spiro atoms. The Labute approximate surface area is 95.0 Å². The van der Waals surface area contributed by atoms with Gasteiger partial charge in [-0.05, 0) is 38.8 Å². The summed E-state index contributed by atoms with van der Waals surface area (Å²) in [7, 11) is 3.91. The molecule has 0 aliphatic carbocycles. The van der Waals surface area contributed by atoms with E-state index in [4.69, 9.17) is 4.74 Å². The summed E-state index contributed by atoms with van der Waals surface area (Å²) >= 11 is 0. The molecule has 0 fully saturated rings. The Hall–Kier alpha value is -0.120. The summed E-state index contributed by atoms with van der Waals surface area (Å²) in [6.45, 7) is 8.85. The molecule has 0 heterocycles. The van der Waals surface area contributed by atoms with E-state index >= 15 is 0 Å². The van der Waals surface area contributed by atoms with Crippen molar-refractivity contribution in [3.8, 4) is 0 Å². The van der Waals surface area contributed by atoms with Gasteiger partial charge in [-0.3, -0.25) is 10.6 Å². The predicted molar refractivity (Wildman–Crippen MR) is 65.7 cm³/mol. The molecule has 0 aliphatic heterocycles. The summed E-state index contributed by atoms with van der Waals surface area (Å²) < 4.78 is 5.95. The third-order valence-corrected chi connectivity index (χ3v) is 2.34. The van der Waals surface area contributed by atoms with Crippen molar-refractivity contribution in [2.45, 2.75) is 53.0 Å². The molecule has 0 aromatic carbocycles. The summed E-state index contributed by atoms with van der Waals surface area (Å²) in [5.74, 6) is 1.30. The molecule has 3 nitrogen and oxygen atoms in total. The Morgan fingerprint density at radius 3 is 1.33 bits per heavy atom. The van der Waals surface area contributed by atoms with Crippen LogP contribution in [-0.4, -0.2) is 26.6 Å². The van der Waals surface area contributed by atoms with Crippen molar-refractivity contribution in [2.75, 3.05) is 14.1 Å². The molecule has 3 heteroatoms. The summed E-state index contributed by atoms with van der Waals surface area (Å²) in [5, 5.41) is 6.42. The molecule has 0 bridgehead atoms. The maximum absolute atomic E-state index is 5.95. The quantitative estimate of drug-likeness (QED) is 0.610. The fraction of sp³-hybridized carbons (Fsp3) is 1.00. The number of nitrogens with one attached hydrogen (secondary N) is 2. The normalized spacial score (nSPS) is 16.0. The molecule has 0 aromatic heterocycles. The molecule has 2 unspecified atom stereocenters. The molecule has 15 heavy (non-hydrogen) atoms. The van der Waals surface area contributed by atoms with E-state index in [1.807, 2.05) is 14.1 Å². The van der Waals surface area contributed by atoms with Gasteiger partial charge in [0.25, 0.3) is 0 Å². The highest BCUT2D eigenvalue weighted by molar-refractivity contribution is 4.62. The van der Waals surface area contributed by atoms with Crippen molar-refractivity contribution in [3.63, 3.8) is 0 Å². The van der Waals surface area contributed by atoms with Crippen LogP contribution in [0.1, 0.15) is 40.5 Å². The lowest BCUT2D eigenvalue weighted by Gasteiger charge is -2.26. The van der Waals surface area contributed by atoms with Gasteiger partial charge in [0.2, 0.25) is 0 Å². The van der Waals surface area contributed by atoms with Gasteiger partial charge in [0.1, 0.15) is 12.5 Å². The lowest BCUT2D eigenvalue weighted by molar-refractivity contribution is -0.0568. The number of ether oxygens (including phenoxy) is 1. The highest BCUT2D eigenvalue weighted by Gasteiger charge is 2.15. The Kier molecular flexibility index (Phi) is 8.02. The van der Waals surface area contributed by atoms with Crippen molar-refractivity contribution >= 4 is 0 Å². The largest absolute Gasteiger partial charge is 0.345 e. The van der Waals surface area contributed by atoms with Gasteiger partial charge < -0.3 is 4.74 Å². The van der Waals surface area contributed by atoms with Gasteiger partial charge in [-0.25, -0.2) is 0 Å². The Balaban J connectivity index is 3.99. The van der Waals surface area contributed by atoms with E-state index in [1.165, 1.54) is 0 Å². The maximum Gasteiger partial charge on any atom is 0.110 e. The molecule has 0 saturated heterocycles. The second-order valence-electron chi connectivity index (χ2n) is 4.95. The van der Waals surface area contributed by atoms with Crippen LogP contribution in [0.4, 0.5) is 0 Å². The van der Waals surface area contributed by atoms with Crippen LogP contribution < -0.4 is 10.6 Å². The molecule has 0 aromatic rings. The van der Waals surface area contributed by atoms with Crippen LogP contribution in [0.25, 0.3) is 0 Å². The predicted octanol–water partition coefficient (Wildman–Crippen LogP) is 2.19. The average molecular weight is 216 g/mol. The van der Waals surface area contributed by atoms with Crippen molar-refractivity contribution in [3.05, 3.63) is 0 Å². The first kappa shape index (κ1) is 14.9. The monoisotopic (exact) mass is 216 g/mol. The summed E-state index contributed by atoms with van der Waals surface area (Å²) in [6, 6.07) is 0. The van der Waals surface area contributed by atoms with Gasteiger partial charge in [-0.15, -0.1) is 0 Å². The van der Waals surface area contributed by atoms with E-state index in [0.717, 1.165) is 12.8 Å². The Morgan fingerprint density at radius 2 is 1.13 bits per heavy atom. The molecule has 0 radical (unpaired) electrons. The number of hydrogen-bond acceptors (Lipinski definition) is 3. The highest BCUT2D eigenvalue weighted by atomic mass is 16.5. The van der Waals surface area contributed by atoms with Crippen LogP contribution in [0.3, 0.4) is 0 Å². The van der Waals surface area contributed by atoms with Crippen molar-refractivity contribution in [2.24, 2.45) is 11.8 Å². The Morgan fingerprint density at radius 1 is 0.800 bits per heavy atom. The van der Waals surface area contributed by atoms with Gasteiger partial charge in [0.15, 0.2) is 0 Å². The standard InChI is InChI=1S/C12H28N2O/c1-9(2)7-11(13-5)15-12(14-6)8-10(3)4/h9-14H,7-8H2,1-6H3. The number of hydrogen-bond donors (Lipinski definition) is 2. The van der Waals surface area contributed by atoms with Crippen molar-refractivity contribution in [1.29, 1.82) is 0 Å². The molecule has 0 rings (SSSR count). The molecule has 0 amide bonds. The van der Waals surface area contributed by atoms with Crippen molar-refractivity contribution < 1.29 is 4.74 Å². The van der Waals surface area contributed by atoms with Crippen molar-refractivity contribution in [1.82, 2.24) is 10.6 Å². The molecule has 2 atom stereocenters. The van der Waals surface area contributed by atoms with E-state index in [0.29, 0.717) is 11.8 Å². The zero-order valence-electron chi connectivity index (χ0n) is 11.1. The molecule has 92 valence electrons. The van der Waals surface area contributed by atoms with Crippen LogP contribution in [0, 0.1) is 11.8 Å². The van der Waals surface area contributed by atoms with Crippen LogP contribution in [0.2, 0.25) is 0 Å². The zero-order chi connectivity index (χ0) is 11.8. The first-order valence-corrected chi connectivity index (χ1v) is 5.99. The number of rotatable bonds is 8. The van der Waals surface area contributed by atoms with Gasteiger partial charge in [0.05, 0.1) is 0 Å². The maximum atomic E-state index is 5.95. The lowest BCUT2D eigenvalue weighted by atomic mass is 10.1. The van der Waals surface area contributed by atoms with Crippen LogP contribution in [0.5, 0.6) is 0 Å². The van der Waals surface area contributed by atoms with Gasteiger partial charge in [-0.1, -0.05) is 27.7 Å². The molecule has 0 aliphatic rings.